The summed E-state index contributed by atoms with van der Waals surface area (Å²) in [6.45, 7) is 3.25. The lowest BCUT2D eigenvalue weighted by atomic mass is 10.2. The summed E-state index contributed by atoms with van der Waals surface area (Å²) in [6.07, 6.45) is 3.98. The summed E-state index contributed by atoms with van der Waals surface area (Å²) in [5.41, 5.74) is 0.538. The lowest BCUT2D eigenvalue weighted by Gasteiger charge is -2.21. The number of Topliss-reactive ketones (excluding diaryl/α,β-unsaturated/α-hetero) is 1. The summed E-state index contributed by atoms with van der Waals surface area (Å²) >= 11 is 1.83. The number of ketones is 1. The van der Waals surface area contributed by atoms with Crippen molar-refractivity contribution in [1.82, 2.24) is 4.98 Å². The number of ether oxygens (including phenoxy) is 1. The maximum atomic E-state index is 11.1. The van der Waals surface area contributed by atoms with Crippen LogP contribution in [0.25, 0.3) is 0 Å². The van der Waals surface area contributed by atoms with Gasteiger partial charge < -0.3 is 4.74 Å². The summed E-state index contributed by atoms with van der Waals surface area (Å²) in [5, 5.41) is 0.624. The summed E-state index contributed by atoms with van der Waals surface area (Å²) < 4.78 is 5.31. The molecule has 4 heteroatoms. The van der Waals surface area contributed by atoms with Gasteiger partial charge in [-0.1, -0.05) is 0 Å². The Balaban J connectivity index is 1.96. The van der Waals surface area contributed by atoms with Crippen molar-refractivity contribution in [2.75, 3.05) is 13.2 Å². The van der Waals surface area contributed by atoms with Crippen LogP contribution in [0.5, 0.6) is 0 Å². The van der Waals surface area contributed by atoms with E-state index in [2.05, 4.69) is 4.98 Å². The molecule has 1 saturated heterocycles. The molecule has 1 fully saturated rings. The van der Waals surface area contributed by atoms with Crippen molar-refractivity contribution in [2.24, 2.45) is 0 Å². The zero-order valence-corrected chi connectivity index (χ0v) is 10.1. The number of carbonyl (C=O) groups is 1. The quantitative estimate of drug-likeness (QED) is 0.757. The highest BCUT2D eigenvalue weighted by Crippen LogP contribution is 2.29. The fraction of sp³-hybridized carbons (Fsp3) is 0.500. The fourth-order valence-corrected chi connectivity index (χ4v) is 2.72. The third kappa shape index (κ3) is 3.06. The predicted molar refractivity (Wildman–Crippen MR) is 63.9 cm³/mol. The zero-order valence-electron chi connectivity index (χ0n) is 9.31. The molecule has 86 valence electrons. The highest BCUT2D eigenvalue weighted by atomic mass is 32.2. The zero-order chi connectivity index (χ0) is 11.4. The molecule has 0 aromatic carbocycles. The summed E-state index contributed by atoms with van der Waals surface area (Å²) in [4.78, 5) is 16.3. The Labute approximate surface area is 99.6 Å². The van der Waals surface area contributed by atoms with Gasteiger partial charge in [0.25, 0.3) is 0 Å². The van der Waals surface area contributed by atoms with Crippen molar-refractivity contribution in [2.45, 2.75) is 29.9 Å². The minimum absolute atomic E-state index is 0.0163. The number of carbonyl (C=O) groups excluding carboxylic acids is 1. The van der Waals surface area contributed by atoms with E-state index in [1.165, 1.54) is 6.92 Å². The maximum absolute atomic E-state index is 11.1. The number of pyridine rings is 1. The highest BCUT2D eigenvalue weighted by Gasteiger charge is 2.15. The molecule has 1 aromatic heterocycles. The highest BCUT2D eigenvalue weighted by molar-refractivity contribution is 8.00. The number of nitrogens with zero attached hydrogens (tertiary/aromatic N) is 1. The van der Waals surface area contributed by atoms with Gasteiger partial charge in [-0.3, -0.25) is 9.78 Å². The molecule has 1 aromatic rings. The first-order chi connectivity index (χ1) is 7.75. The Bertz CT molecular complexity index is 358. The number of thioether (sulfide) groups is 1. The van der Waals surface area contributed by atoms with Crippen LogP contribution in [0.4, 0.5) is 0 Å². The van der Waals surface area contributed by atoms with E-state index in [1.54, 1.807) is 12.3 Å². The second kappa shape index (κ2) is 5.46. The third-order valence-electron chi connectivity index (χ3n) is 2.57. The van der Waals surface area contributed by atoms with Crippen molar-refractivity contribution in [3.63, 3.8) is 0 Å². The second-order valence-electron chi connectivity index (χ2n) is 3.86. The van der Waals surface area contributed by atoms with E-state index in [0.717, 1.165) is 31.0 Å². The predicted octanol–water partition coefficient (Wildman–Crippen LogP) is 2.56. The molecule has 0 spiro atoms. The first kappa shape index (κ1) is 11.6. The SMILES string of the molecule is CC(=O)c1ccc(SC2CCOCC2)cn1. The lowest BCUT2D eigenvalue weighted by Crippen LogP contribution is -2.17. The molecular weight excluding hydrogens is 222 g/mol. The van der Waals surface area contributed by atoms with E-state index in [0.29, 0.717) is 10.9 Å². The van der Waals surface area contributed by atoms with Crippen LogP contribution < -0.4 is 0 Å². The van der Waals surface area contributed by atoms with Gasteiger partial charge in [-0.2, -0.15) is 0 Å². The van der Waals surface area contributed by atoms with Gasteiger partial charge in [0, 0.05) is 36.5 Å². The summed E-state index contributed by atoms with van der Waals surface area (Å²) in [7, 11) is 0. The Morgan fingerprint density at radius 2 is 2.19 bits per heavy atom. The smallest absolute Gasteiger partial charge is 0.178 e. The first-order valence-corrected chi connectivity index (χ1v) is 6.35. The Kier molecular flexibility index (Phi) is 3.96. The monoisotopic (exact) mass is 237 g/mol. The molecule has 1 aliphatic heterocycles. The van der Waals surface area contributed by atoms with E-state index < -0.39 is 0 Å². The van der Waals surface area contributed by atoms with Crippen LogP contribution in [-0.4, -0.2) is 29.2 Å². The van der Waals surface area contributed by atoms with E-state index in [-0.39, 0.29) is 5.78 Å². The molecule has 0 atom stereocenters. The molecule has 2 rings (SSSR count). The van der Waals surface area contributed by atoms with Crippen molar-refractivity contribution in [3.8, 4) is 0 Å². The van der Waals surface area contributed by atoms with E-state index in [4.69, 9.17) is 4.74 Å². The average Bonchev–Trinajstić information content (AvgIpc) is 2.31. The fourth-order valence-electron chi connectivity index (χ4n) is 1.64. The van der Waals surface area contributed by atoms with Crippen molar-refractivity contribution >= 4 is 17.5 Å². The van der Waals surface area contributed by atoms with Crippen LogP contribution in [0.1, 0.15) is 30.3 Å². The first-order valence-electron chi connectivity index (χ1n) is 5.47. The van der Waals surface area contributed by atoms with Crippen LogP contribution in [0.2, 0.25) is 0 Å². The van der Waals surface area contributed by atoms with Gasteiger partial charge in [-0.15, -0.1) is 11.8 Å². The molecular formula is C12H15NO2S. The Morgan fingerprint density at radius 3 is 2.75 bits per heavy atom. The van der Waals surface area contributed by atoms with Gasteiger partial charge in [0.05, 0.1) is 0 Å². The topological polar surface area (TPSA) is 39.2 Å². The molecule has 0 saturated carbocycles. The molecule has 1 aliphatic rings. The maximum Gasteiger partial charge on any atom is 0.178 e. The Morgan fingerprint density at radius 1 is 1.44 bits per heavy atom. The van der Waals surface area contributed by atoms with Gasteiger partial charge >= 0.3 is 0 Å². The van der Waals surface area contributed by atoms with Crippen molar-refractivity contribution < 1.29 is 9.53 Å². The number of hydrogen-bond donors (Lipinski definition) is 0. The molecule has 3 nitrogen and oxygen atoms in total. The van der Waals surface area contributed by atoms with Gasteiger partial charge in [0.15, 0.2) is 5.78 Å². The Hall–Kier alpha value is -0.870. The summed E-state index contributed by atoms with van der Waals surface area (Å²) in [5.74, 6) is 0.0163. The molecule has 0 bridgehead atoms. The van der Waals surface area contributed by atoms with Gasteiger partial charge in [0.1, 0.15) is 5.69 Å². The van der Waals surface area contributed by atoms with Crippen LogP contribution in [-0.2, 0) is 4.74 Å². The molecule has 0 unspecified atom stereocenters. The van der Waals surface area contributed by atoms with Crippen LogP contribution in [0.15, 0.2) is 23.2 Å². The average molecular weight is 237 g/mol. The molecule has 0 radical (unpaired) electrons. The standard InChI is InChI=1S/C12H15NO2S/c1-9(14)12-3-2-11(8-13-12)16-10-4-6-15-7-5-10/h2-3,8,10H,4-7H2,1H3. The third-order valence-corrected chi connectivity index (χ3v) is 3.89. The van der Waals surface area contributed by atoms with E-state index in [9.17, 15) is 4.79 Å². The van der Waals surface area contributed by atoms with E-state index >= 15 is 0 Å². The van der Waals surface area contributed by atoms with Crippen molar-refractivity contribution in [1.29, 1.82) is 0 Å². The summed E-state index contributed by atoms with van der Waals surface area (Å²) in [6, 6.07) is 3.77. The minimum Gasteiger partial charge on any atom is -0.381 e. The normalized spacial score (nSPS) is 17.3. The van der Waals surface area contributed by atoms with Gasteiger partial charge in [-0.05, 0) is 25.0 Å². The second-order valence-corrected chi connectivity index (χ2v) is 5.24. The van der Waals surface area contributed by atoms with Gasteiger partial charge in [0.2, 0.25) is 0 Å². The minimum atomic E-state index is 0.0163. The van der Waals surface area contributed by atoms with Crippen LogP contribution in [0.3, 0.4) is 0 Å². The van der Waals surface area contributed by atoms with Crippen molar-refractivity contribution in [3.05, 3.63) is 24.0 Å². The van der Waals surface area contributed by atoms with Gasteiger partial charge in [-0.25, -0.2) is 0 Å². The molecule has 0 amide bonds. The molecule has 0 aliphatic carbocycles. The number of rotatable bonds is 3. The number of hydrogen-bond acceptors (Lipinski definition) is 4. The largest absolute Gasteiger partial charge is 0.381 e. The van der Waals surface area contributed by atoms with E-state index in [1.807, 2.05) is 17.8 Å². The molecule has 0 N–H and O–H groups in total. The molecule has 2 heterocycles. The van der Waals surface area contributed by atoms with Crippen LogP contribution in [0, 0.1) is 0 Å². The molecule has 16 heavy (non-hydrogen) atoms. The lowest BCUT2D eigenvalue weighted by molar-refractivity contribution is 0.1000. The number of aromatic nitrogens is 1. The van der Waals surface area contributed by atoms with Crippen LogP contribution >= 0.6 is 11.8 Å².